The number of rotatable bonds is 9. The van der Waals surface area contributed by atoms with Crippen LogP contribution in [0.4, 0.5) is 5.69 Å². The van der Waals surface area contributed by atoms with Crippen molar-refractivity contribution in [2.75, 3.05) is 24.3 Å². The third kappa shape index (κ3) is 4.49. The zero-order valence-corrected chi connectivity index (χ0v) is 20.2. The number of anilines is 1. The molecule has 0 fully saturated rings. The largest absolute Gasteiger partial charge is 0.494 e. The van der Waals surface area contributed by atoms with Crippen molar-refractivity contribution in [3.63, 3.8) is 0 Å². The first-order valence-corrected chi connectivity index (χ1v) is 12.7. The van der Waals surface area contributed by atoms with Crippen LogP contribution in [0, 0.1) is 0 Å². The molecule has 0 atom stereocenters. The van der Waals surface area contributed by atoms with Gasteiger partial charge in [0, 0.05) is 17.5 Å². The Hall–Kier alpha value is -2.52. The average molecular weight is 474 g/mol. The number of aryl methyl sites for hydroxylation is 2. The summed E-state index contributed by atoms with van der Waals surface area (Å²) in [5.74, 6) is 1.19. The lowest BCUT2D eigenvalue weighted by Crippen LogP contribution is -2.23. The topological polar surface area (TPSA) is 82.5 Å². The molecule has 0 saturated carbocycles. The molecule has 1 aliphatic carbocycles. The molecule has 2 aromatic heterocycles. The molecule has 9 heteroatoms. The molecule has 3 aromatic rings. The maximum absolute atomic E-state index is 13.1. The number of benzene rings is 1. The Morgan fingerprint density at radius 3 is 2.78 bits per heavy atom. The van der Waals surface area contributed by atoms with Gasteiger partial charge in [-0.3, -0.25) is 14.2 Å². The predicted octanol–water partition coefficient (Wildman–Crippen LogP) is 4.49. The van der Waals surface area contributed by atoms with E-state index in [4.69, 9.17) is 14.5 Å². The molecular weight excluding hydrogens is 446 g/mol. The maximum Gasteiger partial charge on any atom is 0.263 e. The van der Waals surface area contributed by atoms with Crippen LogP contribution in [0.3, 0.4) is 0 Å². The van der Waals surface area contributed by atoms with Crippen molar-refractivity contribution >= 4 is 44.9 Å². The molecule has 32 heavy (non-hydrogen) atoms. The van der Waals surface area contributed by atoms with Gasteiger partial charge in [-0.1, -0.05) is 11.8 Å². The summed E-state index contributed by atoms with van der Waals surface area (Å²) >= 11 is 2.89. The van der Waals surface area contributed by atoms with Gasteiger partial charge in [-0.25, -0.2) is 4.98 Å². The normalized spacial score (nSPS) is 12.7. The van der Waals surface area contributed by atoms with Crippen molar-refractivity contribution in [1.29, 1.82) is 0 Å². The van der Waals surface area contributed by atoms with Crippen molar-refractivity contribution in [1.82, 2.24) is 9.55 Å². The van der Waals surface area contributed by atoms with Crippen LogP contribution in [0.1, 0.15) is 37.6 Å². The van der Waals surface area contributed by atoms with Gasteiger partial charge >= 0.3 is 0 Å². The first kappa shape index (κ1) is 22.7. The molecule has 0 radical (unpaired) electrons. The summed E-state index contributed by atoms with van der Waals surface area (Å²) in [6, 6.07) is 5.37. The minimum atomic E-state index is -0.199. The lowest BCUT2D eigenvalue weighted by molar-refractivity contribution is -0.113. The highest BCUT2D eigenvalue weighted by Crippen LogP contribution is 2.35. The lowest BCUT2D eigenvalue weighted by atomic mass is 10.2. The third-order valence-electron chi connectivity index (χ3n) is 5.27. The minimum Gasteiger partial charge on any atom is -0.494 e. The van der Waals surface area contributed by atoms with E-state index >= 15 is 0 Å². The molecule has 2 heterocycles. The van der Waals surface area contributed by atoms with Crippen LogP contribution in [-0.4, -0.2) is 34.4 Å². The Kier molecular flexibility index (Phi) is 7.05. The Balaban J connectivity index is 1.53. The van der Waals surface area contributed by atoms with E-state index in [1.807, 2.05) is 26.8 Å². The van der Waals surface area contributed by atoms with Gasteiger partial charge in [-0.15, -0.1) is 11.3 Å². The second kappa shape index (κ2) is 9.95. The Bertz CT molecular complexity index is 1200. The van der Waals surface area contributed by atoms with Gasteiger partial charge in [0.1, 0.15) is 16.3 Å². The number of thiophene rings is 1. The fourth-order valence-corrected chi connectivity index (χ4v) is 6.07. The summed E-state index contributed by atoms with van der Waals surface area (Å²) in [7, 11) is 0. The number of amides is 1. The SMILES string of the molecule is CCOc1ccc(OCC)c(NC(=O)CSc2nc3sc4c(c3c(=O)n2CC)CCC4)c1. The molecule has 4 rings (SSSR count). The molecule has 1 N–H and O–H groups in total. The summed E-state index contributed by atoms with van der Waals surface area (Å²) in [6.45, 7) is 7.27. The lowest BCUT2D eigenvalue weighted by Gasteiger charge is -2.14. The zero-order chi connectivity index (χ0) is 22.7. The fraction of sp³-hybridized carbons (Fsp3) is 0.435. The van der Waals surface area contributed by atoms with Gasteiger partial charge in [-0.05, 0) is 57.7 Å². The Morgan fingerprint density at radius 2 is 2.03 bits per heavy atom. The second-order valence-corrected chi connectivity index (χ2v) is 9.37. The summed E-state index contributed by atoms with van der Waals surface area (Å²) in [5, 5.41) is 4.26. The molecule has 0 unspecified atom stereocenters. The van der Waals surface area contributed by atoms with Crippen LogP contribution in [0.5, 0.6) is 11.5 Å². The van der Waals surface area contributed by atoms with Crippen LogP contribution in [0.25, 0.3) is 10.2 Å². The van der Waals surface area contributed by atoms with Crippen molar-refractivity contribution in [3.8, 4) is 11.5 Å². The standard InChI is InChI=1S/C23H27N3O4S2/c1-4-26-22(28)20-15-8-7-9-18(15)32-21(20)25-23(26)31-13-19(27)24-16-12-14(29-5-2)10-11-17(16)30-6-3/h10-12H,4-9,13H2,1-3H3,(H,24,27). The molecule has 0 bridgehead atoms. The number of hydrogen-bond acceptors (Lipinski definition) is 7. The quantitative estimate of drug-likeness (QED) is 0.364. The van der Waals surface area contributed by atoms with Crippen LogP contribution in [0.15, 0.2) is 28.2 Å². The van der Waals surface area contributed by atoms with E-state index in [2.05, 4.69) is 5.32 Å². The van der Waals surface area contributed by atoms with Crippen LogP contribution in [-0.2, 0) is 24.2 Å². The monoisotopic (exact) mass is 473 g/mol. The van der Waals surface area contributed by atoms with Crippen molar-refractivity contribution in [2.24, 2.45) is 0 Å². The van der Waals surface area contributed by atoms with Gasteiger partial charge in [0.05, 0.1) is 30.0 Å². The molecule has 170 valence electrons. The molecule has 0 spiro atoms. The van der Waals surface area contributed by atoms with Crippen LogP contribution in [0.2, 0.25) is 0 Å². The van der Waals surface area contributed by atoms with Gasteiger partial charge < -0.3 is 14.8 Å². The van der Waals surface area contributed by atoms with Gasteiger partial charge in [0.2, 0.25) is 5.91 Å². The van der Waals surface area contributed by atoms with E-state index in [-0.39, 0.29) is 17.2 Å². The maximum atomic E-state index is 13.1. The number of carbonyl (C=O) groups is 1. The molecule has 1 aromatic carbocycles. The van der Waals surface area contributed by atoms with E-state index in [1.54, 1.807) is 28.0 Å². The number of thioether (sulfide) groups is 1. The molecule has 1 aliphatic rings. The minimum absolute atomic E-state index is 0.00264. The molecule has 0 saturated heterocycles. The number of ether oxygens (including phenoxy) is 2. The summed E-state index contributed by atoms with van der Waals surface area (Å²) < 4.78 is 12.8. The smallest absolute Gasteiger partial charge is 0.263 e. The zero-order valence-electron chi connectivity index (χ0n) is 18.5. The Morgan fingerprint density at radius 1 is 1.22 bits per heavy atom. The summed E-state index contributed by atoms with van der Waals surface area (Å²) in [6.07, 6.45) is 3.08. The van der Waals surface area contributed by atoms with Gasteiger partial charge in [0.25, 0.3) is 5.56 Å². The highest BCUT2D eigenvalue weighted by atomic mass is 32.2. The Labute approximate surface area is 195 Å². The first-order chi connectivity index (χ1) is 15.5. The third-order valence-corrected chi connectivity index (χ3v) is 7.44. The number of carbonyl (C=O) groups excluding carboxylic acids is 1. The predicted molar refractivity (Wildman–Crippen MR) is 130 cm³/mol. The molecule has 0 aliphatic heterocycles. The van der Waals surface area contributed by atoms with E-state index in [9.17, 15) is 9.59 Å². The summed E-state index contributed by atoms with van der Waals surface area (Å²) in [5.41, 5.74) is 1.74. The van der Waals surface area contributed by atoms with Crippen LogP contribution >= 0.6 is 23.1 Å². The van der Waals surface area contributed by atoms with E-state index in [0.717, 1.165) is 29.5 Å². The summed E-state index contributed by atoms with van der Waals surface area (Å²) in [4.78, 5) is 32.7. The van der Waals surface area contributed by atoms with Crippen molar-refractivity contribution < 1.29 is 14.3 Å². The van der Waals surface area contributed by atoms with Gasteiger partial charge in [-0.2, -0.15) is 0 Å². The van der Waals surface area contributed by atoms with E-state index in [0.29, 0.717) is 42.1 Å². The van der Waals surface area contributed by atoms with E-state index in [1.165, 1.54) is 22.2 Å². The average Bonchev–Trinajstić information content (AvgIpc) is 3.35. The first-order valence-electron chi connectivity index (χ1n) is 10.9. The van der Waals surface area contributed by atoms with Crippen LogP contribution < -0.4 is 20.3 Å². The highest BCUT2D eigenvalue weighted by Gasteiger charge is 2.23. The number of nitrogens with zero attached hydrogens (tertiary/aromatic N) is 2. The van der Waals surface area contributed by atoms with E-state index < -0.39 is 0 Å². The molecule has 7 nitrogen and oxygen atoms in total. The van der Waals surface area contributed by atoms with Crippen molar-refractivity contribution in [3.05, 3.63) is 39.0 Å². The second-order valence-electron chi connectivity index (χ2n) is 7.34. The molecular formula is C23H27N3O4S2. The van der Waals surface area contributed by atoms with Gasteiger partial charge in [0.15, 0.2) is 5.16 Å². The highest BCUT2D eigenvalue weighted by molar-refractivity contribution is 7.99. The number of nitrogens with one attached hydrogen (secondary N) is 1. The number of aromatic nitrogens is 2. The molecule has 1 amide bonds. The number of fused-ring (bicyclic) bond motifs is 3. The number of hydrogen-bond donors (Lipinski definition) is 1. The van der Waals surface area contributed by atoms with Crippen molar-refractivity contribution in [2.45, 2.75) is 51.7 Å². The fourth-order valence-electron chi connectivity index (χ4n) is 3.91.